The Bertz CT molecular complexity index is 894. The summed E-state index contributed by atoms with van der Waals surface area (Å²) < 4.78 is 4.23. The van der Waals surface area contributed by atoms with Crippen LogP contribution in [-0.2, 0) is 16.6 Å². The first-order chi connectivity index (χ1) is 13.2. The minimum absolute atomic E-state index is 0.197. The van der Waals surface area contributed by atoms with Crippen molar-refractivity contribution < 1.29 is 4.79 Å². The molecule has 138 valence electrons. The highest BCUT2D eigenvalue weighted by Gasteiger charge is 2.47. The fourth-order valence-electron chi connectivity index (χ4n) is 4.47. The van der Waals surface area contributed by atoms with Gasteiger partial charge in [-0.2, -0.15) is 0 Å². The fraction of sp³-hybridized carbons (Fsp3) is 0.318. The van der Waals surface area contributed by atoms with Gasteiger partial charge in [0, 0.05) is 18.2 Å². The van der Waals surface area contributed by atoms with Crippen LogP contribution in [0.3, 0.4) is 0 Å². The van der Waals surface area contributed by atoms with Crippen molar-refractivity contribution in [1.82, 2.24) is 0 Å². The van der Waals surface area contributed by atoms with Gasteiger partial charge in [0.15, 0.2) is 0 Å². The van der Waals surface area contributed by atoms with Gasteiger partial charge in [-0.25, -0.2) is 4.40 Å². The van der Waals surface area contributed by atoms with E-state index in [2.05, 4.69) is 39.7 Å². The van der Waals surface area contributed by atoms with E-state index in [1.165, 1.54) is 17.5 Å². The molecule has 1 heterocycles. The van der Waals surface area contributed by atoms with Crippen LogP contribution >= 0.6 is 11.9 Å². The molecule has 1 aliphatic heterocycles. The zero-order valence-electron chi connectivity index (χ0n) is 15.2. The molecular formula is C22H23N3OS. The number of carbonyl (C=O) groups excluding carboxylic acids is 1. The van der Waals surface area contributed by atoms with Gasteiger partial charge in [-0.1, -0.05) is 49.2 Å². The summed E-state index contributed by atoms with van der Waals surface area (Å²) in [6, 6.07) is 16.5. The number of amides is 1. The average molecular weight is 378 g/mol. The number of benzene rings is 2. The number of aliphatic imine (C=N–C) groups is 1. The highest BCUT2D eigenvalue weighted by molar-refractivity contribution is 7.98. The molecule has 2 N–H and O–H groups in total. The first-order valence-corrected chi connectivity index (χ1v) is 10.2. The number of nitrogens with zero attached hydrogens (tertiary/aromatic N) is 2. The Labute approximate surface area is 164 Å². The molecule has 2 aliphatic rings. The smallest absolute Gasteiger partial charge is 0.228 e. The minimum atomic E-state index is -0.642. The SMILES string of the molecule is NC(=O)C1(c2ccc3c(c2)N=CC=NS3)CCCCC1Cc1ccccc1. The van der Waals surface area contributed by atoms with E-state index in [-0.39, 0.29) is 11.8 Å². The van der Waals surface area contributed by atoms with Crippen LogP contribution in [0.4, 0.5) is 5.69 Å². The molecule has 2 aromatic carbocycles. The zero-order valence-corrected chi connectivity index (χ0v) is 16.0. The fourth-order valence-corrected chi connectivity index (χ4v) is 5.03. The molecule has 1 fully saturated rings. The van der Waals surface area contributed by atoms with E-state index in [0.29, 0.717) is 0 Å². The zero-order chi connectivity index (χ0) is 18.7. The number of nitrogens with two attached hydrogens (primary N) is 1. The van der Waals surface area contributed by atoms with Crippen molar-refractivity contribution in [3.8, 4) is 0 Å². The summed E-state index contributed by atoms with van der Waals surface area (Å²) in [6.45, 7) is 0. The molecule has 2 atom stereocenters. The van der Waals surface area contributed by atoms with E-state index in [0.717, 1.165) is 48.3 Å². The molecule has 2 unspecified atom stereocenters. The van der Waals surface area contributed by atoms with Gasteiger partial charge in [-0.3, -0.25) is 9.79 Å². The van der Waals surface area contributed by atoms with Crippen LogP contribution in [0.5, 0.6) is 0 Å². The molecule has 4 rings (SSSR count). The second-order valence-electron chi connectivity index (χ2n) is 7.27. The van der Waals surface area contributed by atoms with E-state index >= 15 is 0 Å². The predicted octanol–water partition coefficient (Wildman–Crippen LogP) is 4.64. The van der Waals surface area contributed by atoms with Crippen molar-refractivity contribution in [2.75, 3.05) is 0 Å². The lowest BCUT2D eigenvalue weighted by Crippen LogP contribution is -2.49. The Balaban J connectivity index is 1.77. The second-order valence-corrected chi connectivity index (χ2v) is 8.11. The number of primary amides is 1. The lowest BCUT2D eigenvalue weighted by atomic mass is 9.60. The van der Waals surface area contributed by atoms with Gasteiger partial charge < -0.3 is 5.73 Å². The third-order valence-electron chi connectivity index (χ3n) is 5.80. The molecule has 1 amide bonds. The van der Waals surface area contributed by atoms with E-state index in [9.17, 15) is 4.79 Å². The lowest BCUT2D eigenvalue weighted by molar-refractivity contribution is -0.127. The van der Waals surface area contributed by atoms with Crippen molar-refractivity contribution in [2.45, 2.75) is 42.4 Å². The Morgan fingerprint density at radius 2 is 2.00 bits per heavy atom. The first kappa shape index (κ1) is 18.0. The van der Waals surface area contributed by atoms with Gasteiger partial charge in [0.1, 0.15) is 0 Å². The number of hydrogen-bond donors (Lipinski definition) is 1. The van der Waals surface area contributed by atoms with Crippen LogP contribution in [0.15, 0.2) is 62.8 Å². The highest BCUT2D eigenvalue weighted by Crippen LogP contribution is 2.47. The third-order valence-corrected chi connectivity index (χ3v) is 6.57. The van der Waals surface area contributed by atoms with Crippen LogP contribution in [0.2, 0.25) is 0 Å². The van der Waals surface area contributed by atoms with Crippen LogP contribution in [0.25, 0.3) is 0 Å². The second kappa shape index (κ2) is 7.69. The summed E-state index contributed by atoms with van der Waals surface area (Å²) in [6.07, 6.45) is 8.21. The quantitative estimate of drug-likeness (QED) is 0.789. The van der Waals surface area contributed by atoms with E-state index in [4.69, 9.17) is 5.73 Å². The Morgan fingerprint density at radius 3 is 2.81 bits per heavy atom. The maximum absolute atomic E-state index is 12.9. The van der Waals surface area contributed by atoms with E-state index in [1.807, 2.05) is 18.2 Å². The molecule has 2 aromatic rings. The van der Waals surface area contributed by atoms with Gasteiger partial charge in [-0.05, 0) is 48.4 Å². The summed E-state index contributed by atoms with van der Waals surface area (Å²) in [4.78, 5) is 18.4. The summed E-state index contributed by atoms with van der Waals surface area (Å²) in [5.41, 5.74) is 8.55. The van der Waals surface area contributed by atoms with Gasteiger partial charge in [0.25, 0.3) is 0 Å². The van der Waals surface area contributed by atoms with Crippen molar-refractivity contribution >= 4 is 36.0 Å². The normalized spacial score (nSPS) is 24.2. The molecule has 0 radical (unpaired) electrons. The molecule has 27 heavy (non-hydrogen) atoms. The maximum atomic E-state index is 12.9. The van der Waals surface area contributed by atoms with Gasteiger partial charge in [-0.15, -0.1) is 0 Å². The number of rotatable bonds is 4. The van der Waals surface area contributed by atoms with Crippen molar-refractivity contribution in [1.29, 1.82) is 0 Å². The van der Waals surface area contributed by atoms with Crippen molar-refractivity contribution in [3.63, 3.8) is 0 Å². The molecule has 0 bridgehead atoms. The summed E-state index contributed by atoms with van der Waals surface area (Å²) >= 11 is 1.40. The van der Waals surface area contributed by atoms with Crippen LogP contribution in [-0.4, -0.2) is 18.3 Å². The monoisotopic (exact) mass is 377 g/mol. The standard InChI is InChI=1S/C22H23N3OS/c23-21(26)22(18-9-10-20-19(15-18)24-12-13-25-27-20)11-5-4-8-17(22)14-16-6-2-1-3-7-16/h1-3,6-7,9-10,12-13,15,17H,4-5,8,11,14H2,(H2,23,26). The average Bonchev–Trinajstić information content (AvgIpc) is 2.94. The molecular weight excluding hydrogens is 354 g/mol. The van der Waals surface area contributed by atoms with Crippen LogP contribution in [0, 0.1) is 5.92 Å². The Kier molecular flexibility index (Phi) is 5.12. The lowest BCUT2D eigenvalue weighted by Gasteiger charge is -2.42. The van der Waals surface area contributed by atoms with Crippen LogP contribution < -0.4 is 5.73 Å². The topological polar surface area (TPSA) is 67.8 Å². The largest absolute Gasteiger partial charge is 0.369 e. The number of fused-ring (bicyclic) bond motifs is 1. The van der Waals surface area contributed by atoms with Gasteiger partial charge in [0.2, 0.25) is 5.91 Å². The summed E-state index contributed by atoms with van der Waals surface area (Å²) in [5.74, 6) is -0.0209. The van der Waals surface area contributed by atoms with Crippen LogP contribution in [0.1, 0.15) is 36.8 Å². The van der Waals surface area contributed by atoms with Gasteiger partial charge >= 0.3 is 0 Å². The maximum Gasteiger partial charge on any atom is 0.228 e. The van der Waals surface area contributed by atoms with Crippen molar-refractivity contribution in [3.05, 3.63) is 59.7 Å². The molecule has 5 heteroatoms. The van der Waals surface area contributed by atoms with Gasteiger partial charge in [0.05, 0.1) is 22.2 Å². The molecule has 4 nitrogen and oxygen atoms in total. The third kappa shape index (κ3) is 3.44. The minimum Gasteiger partial charge on any atom is -0.369 e. The molecule has 0 saturated heterocycles. The summed E-state index contributed by atoms with van der Waals surface area (Å²) in [7, 11) is 0. The van der Waals surface area contributed by atoms with E-state index in [1.54, 1.807) is 12.4 Å². The molecule has 0 spiro atoms. The predicted molar refractivity (Wildman–Crippen MR) is 112 cm³/mol. The number of carbonyl (C=O) groups is 1. The molecule has 1 aliphatic carbocycles. The summed E-state index contributed by atoms with van der Waals surface area (Å²) in [5, 5.41) is 0. The first-order valence-electron chi connectivity index (χ1n) is 9.41. The Hall–Kier alpha value is -2.40. The highest BCUT2D eigenvalue weighted by atomic mass is 32.2. The molecule has 1 saturated carbocycles. The van der Waals surface area contributed by atoms with Crippen molar-refractivity contribution in [2.24, 2.45) is 21.0 Å². The molecule has 0 aromatic heterocycles. The van der Waals surface area contributed by atoms with E-state index < -0.39 is 5.41 Å². The Morgan fingerprint density at radius 1 is 1.15 bits per heavy atom. The number of hydrogen-bond acceptors (Lipinski definition) is 4.